The van der Waals surface area contributed by atoms with Crippen molar-refractivity contribution in [3.63, 3.8) is 0 Å². The van der Waals surface area contributed by atoms with Gasteiger partial charge in [0.25, 0.3) is 0 Å². The molecule has 1 aromatic rings. The Hall–Kier alpha value is -0.800. The molecule has 0 N–H and O–H groups in total. The minimum atomic E-state index is 0.377. The molecule has 3 nitrogen and oxygen atoms in total. The van der Waals surface area contributed by atoms with Crippen molar-refractivity contribution in [3.05, 3.63) is 23.7 Å². The van der Waals surface area contributed by atoms with E-state index in [1.165, 1.54) is 5.56 Å². The minimum Gasteiger partial charge on any atom is -0.469 e. The van der Waals surface area contributed by atoms with Crippen LogP contribution >= 0.6 is 0 Å². The third kappa shape index (κ3) is 1.26. The molecule has 1 fully saturated rings. The van der Waals surface area contributed by atoms with Gasteiger partial charge < -0.3 is 4.42 Å². The van der Waals surface area contributed by atoms with Crippen LogP contribution in [0.2, 0.25) is 0 Å². The van der Waals surface area contributed by atoms with Gasteiger partial charge in [0.2, 0.25) is 0 Å². The van der Waals surface area contributed by atoms with Crippen molar-refractivity contribution in [1.29, 1.82) is 0 Å². The Kier molecular flexibility index (Phi) is 1.90. The largest absolute Gasteiger partial charge is 0.469 e. The predicted octanol–water partition coefficient (Wildman–Crippen LogP) is 1.90. The zero-order valence-corrected chi connectivity index (χ0v) is 7.41. The summed E-state index contributed by atoms with van der Waals surface area (Å²) in [6, 6.07) is 2.44. The zero-order chi connectivity index (χ0) is 8.55. The van der Waals surface area contributed by atoms with Gasteiger partial charge in [-0.05, 0) is 19.4 Å². The fraction of sp³-hybridized carbons (Fsp3) is 0.556. The second-order valence-electron chi connectivity index (χ2n) is 3.17. The molecule has 66 valence electrons. The zero-order valence-electron chi connectivity index (χ0n) is 7.41. The highest BCUT2D eigenvalue weighted by Crippen LogP contribution is 2.29. The van der Waals surface area contributed by atoms with Crippen LogP contribution in [0.5, 0.6) is 0 Å². The Morgan fingerprint density at radius 3 is 2.92 bits per heavy atom. The van der Waals surface area contributed by atoms with E-state index in [9.17, 15) is 0 Å². The van der Waals surface area contributed by atoms with E-state index in [0.29, 0.717) is 6.04 Å². The van der Waals surface area contributed by atoms with Crippen LogP contribution in [0, 0.1) is 6.92 Å². The number of hydrogen-bond donors (Lipinski definition) is 0. The van der Waals surface area contributed by atoms with E-state index in [0.717, 1.165) is 18.8 Å². The first-order valence-electron chi connectivity index (χ1n) is 4.18. The summed E-state index contributed by atoms with van der Waals surface area (Å²) < 4.78 is 5.24. The summed E-state index contributed by atoms with van der Waals surface area (Å²) in [4.78, 5) is 5.32. The summed E-state index contributed by atoms with van der Waals surface area (Å²) in [6.07, 6.45) is 2.86. The maximum absolute atomic E-state index is 5.32. The van der Waals surface area contributed by atoms with E-state index in [2.05, 4.69) is 6.07 Å². The normalized spacial score (nSPS) is 25.0. The lowest BCUT2D eigenvalue weighted by Gasteiger charge is -2.14. The van der Waals surface area contributed by atoms with E-state index < -0.39 is 0 Å². The quantitative estimate of drug-likeness (QED) is 0.638. The van der Waals surface area contributed by atoms with Crippen LogP contribution in [0.15, 0.2) is 16.7 Å². The molecule has 2 rings (SSSR count). The van der Waals surface area contributed by atoms with Gasteiger partial charge in [0.15, 0.2) is 0 Å². The van der Waals surface area contributed by atoms with Crippen molar-refractivity contribution in [2.24, 2.45) is 0 Å². The van der Waals surface area contributed by atoms with Crippen molar-refractivity contribution in [1.82, 2.24) is 5.06 Å². The second kappa shape index (κ2) is 2.92. The van der Waals surface area contributed by atoms with E-state index in [4.69, 9.17) is 9.25 Å². The van der Waals surface area contributed by atoms with Crippen molar-refractivity contribution in [2.45, 2.75) is 19.4 Å². The number of aryl methyl sites for hydroxylation is 1. The monoisotopic (exact) mass is 167 g/mol. The third-order valence-corrected chi connectivity index (χ3v) is 2.26. The number of nitrogens with zero attached hydrogens (tertiary/aromatic N) is 1. The first-order valence-corrected chi connectivity index (χ1v) is 4.18. The number of hydrogen-bond acceptors (Lipinski definition) is 3. The molecule has 1 saturated heterocycles. The maximum Gasteiger partial charge on any atom is 0.101 e. The van der Waals surface area contributed by atoms with Gasteiger partial charge in [-0.25, -0.2) is 0 Å². The molecule has 0 bridgehead atoms. The van der Waals surface area contributed by atoms with Crippen molar-refractivity contribution in [3.8, 4) is 0 Å². The maximum atomic E-state index is 5.32. The van der Waals surface area contributed by atoms with Gasteiger partial charge in [-0.15, -0.1) is 0 Å². The Morgan fingerprint density at radius 2 is 2.42 bits per heavy atom. The predicted molar refractivity (Wildman–Crippen MR) is 44.5 cm³/mol. The van der Waals surface area contributed by atoms with Crippen molar-refractivity contribution < 1.29 is 9.25 Å². The minimum absolute atomic E-state index is 0.377. The SMILES string of the molecule is Cc1cc([C@@H]2CCON2C)co1. The molecule has 3 heteroatoms. The molecule has 1 aliphatic rings. The molecular weight excluding hydrogens is 154 g/mol. The lowest BCUT2D eigenvalue weighted by molar-refractivity contribution is -0.110. The molecule has 0 saturated carbocycles. The Bertz CT molecular complexity index is 269. The van der Waals surface area contributed by atoms with E-state index in [1.54, 1.807) is 0 Å². The molecule has 0 aliphatic carbocycles. The van der Waals surface area contributed by atoms with Crippen LogP contribution in [-0.4, -0.2) is 18.7 Å². The first-order chi connectivity index (χ1) is 5.77. The van der Waals surface area contributed by atoms with Gasteiger partial charge in [0.1, 0.15) is 5.76 Å². The lowest BCUT2D eigenvalue weighted by atomic mass is 10.1. The Morgan fingerprint density at radius 1 is 1.58 bits per heavy atom. The molecule has 0 aromatic carbocycles. The molecular formula is C9H13NO2. The highest BCUT2D eigenvalue weighted by molar-refractivity contribution is 5.16. The standard InChI is InChI=1S/C9H13NO2/c1-7-5-8(6-11-7)9-3-4-12-10(9)2/h5-6,9H,3-4H2,1-2H3/t9-/m0/s1. The number of rotatable bonds is 1. The fourth-order valence-electron chi connectivity index (χ4n) is 1.60. The molecule has 2 heterocycles. The van der Waals surface area contributed by atoms with Crippen LogP contribution in [0.1, 0.15) is 23.8 Å². The van der Waals surface area contributed by atoms with E-state index in [1.807, 2.05) is 25.3 Å². The van der Waals surface area contributed by atoms with Gasteiger partial charge >= 0.3 is 0 Å². The van der Waals surface area contributed by atoms with E-state index in [-0.39, 0.29) is 0 Å². The lowest BCUT2D eigenvalue weighted by Crippen LogP contribution is -2.15. The van der Waals surface area contributed by atoms with Crippen molar-refractivity contribution >= 4 is 0 Å². The molecule has 1 aliphatic heterocycles. The van der Waals surface area contributed by atoms with Gasteiger partial charge in [-0.1, -0.05) is 0 Å². The summed E-state index contributed by atoms with van der Waals surface area (Å²) >= 11 is 0. The van der Waals surface area contributed by atoms with Crippen molar-refractivity contribution in [2.75, 3.05) is 13.7 Å². The van der Waals surface area contributed by atoms with Gasteiger partial charge in [-0.2, -0.15) is 5.06 Å². The van der Waals surface area contributed by atoms with Crippen LogP contribution in [-0.2, 0) is 4.84 Å². The van der Waals surface area contributed by atoms with Crippen LogP contribution in [0.4, 0.5) is 0 Å². The summed E-state index contributed by atoms with van der Waals surface area (Å²) in [7, 11) is 1.96. The average Bonchev–Trinajstić information content (AvgIpc) is 2.58. The molecule has 1 atom stereocenters. The summed E-state index contributed by atoms with van der Waals surface area (Å²) in [5, 5.41) is 1.89. The van der Waals surface area contributed by atoms with Gasteiger partial charge in [-0.3, -0.25) is 4.84 Å². The summed E-state index contributed by atoms with van der Waals surface area (Å²) in [5.74, 6) is 0.963. The van der Waals surface area contributed by atoms with E-state index >= 15 is 0 Å². The first kappa shape index (κ1) is 7.83. The van der Waals surface area contributed by atoms with Gasteiger partial charge in [0.05, 0.1) is 18.9 Å². The molecule has 1 aromatic heterocycles. The smallest absolute Gasteiger partial charge is 0.101 e. The van der Waals surface area contributed by atoms with Crippen LogP contribution in [0.25, 0.3) is 0 Å². The highest BCUT2D eigenvalue weighted by Gasteiger charge is 2.24. The molecule has 12 heavy (non-hydrogen) atoms. The Balaban J connectivity index is 2.19. The Labute approximate surface area is 71.9 Å². The molecule has 0 radical (unpaired) electrons. The van der Waals surface area contributed by atoms with Crippen LogP contribution < -0.4 is 0 Å². The summed E-state index contributed by atoms with van der Waals surface area (Å²) in [6.45, 7) is 2.77. The summed E-state index contributed by atoms with van der Waals surface area (Å²) in [5.41, 5.74) is 1.22. The second-order valence-corrected chi connectivity index (χ2v) is 3.17. The topological polar surface area (TPSA) is 25.6 Å². The van der Waals surface area contributed by atoms with Crippen LogP contribution in [0.3, 0.4) is 0 Å². The molecule has 0 spiro atoms. The highest BCUT2D eigenvalue weighted by atomic mass is 16.7. The van der Waals surface area contributed by atoms with Gasteiger partial charge in [0, 0.05) is 12.6 Å². The molecule has 0 unspecified atom stereocenters. The number of furan rings is 1. The fourth-order valence-corrected chi connectivity index (χ4v) is 1.60. The number of hydroxylamine groups is 2. The average molecular weight is 167 g/mol. The third-order valence-electron chi connectivity index (χ3n) is 2.26. The molecule has 0 amide bonds.